The number of hydrogen-bond donors (Lipinski definition) is 2. The topological polar surface area (TPSA) is 67.2 Å². The van der Waals surface area contributed by atoms with Gasteiger partial charge in [-0.2, -0.15) is 5.10 Å². The number of benzene rings is 1. The summed E-state index contributed by atoms with van der Waals surface area (Å²) in [6.07, 6.45) is 9.71. The third-order valence-electron chi connectivity index (χ3n) is 6.26. The van der Waals surface area contributed by atoms with E-state index in [4.69, 9.17) is 5.10 Å². The zero-order valence-electron chi connectivity index (χ0n) is 16.8. The van der Waals surface area contributed by atoms with E-state index in [1.165, 1.54) is 44.2 Å². The molecule has 1 aromatic heterocycles. The van der Waals surface area contributed by atoms with Gasteiger partial charge in [-0.15, -0.1) is 0 Å². The van der Waals surface area contributed by atoms with E-state index in [1.54, 1.807) is 0 Å². The van der Waals surface area contributed by atoms with Crippen LogP contribution in [0.25, 0.3) is 0 Å². The molecule has 1 atom stereocenters. The zero-order chi connectivity index (χ0) is 19.5. The molecule has 0 spiro atoms. The molecule has 6 heteroatoms. The van der Waals surface area contributed by atoms with Crippen molar-refractivity contribution in [1.82, 2.24) is 15.1 Å². The number of hydrogen-bond acceptors (Lipinski definition) is 3. The lowest BCUT2D eigenvalue weighted by Gasteiger charge is -2.25. The van der Waals surface area contributed by atoms with Gasteiger partial charge in [0.25, 0.3) is 5.91 Å². The molecule has 148 valence electrons. The van der Waals surface area contributed by atoms with Gasteiger partial charge >= 0.3 is 0 Å². The van der Waals surface area contributed by atoms with Crippen LogP contribution in [0.1, 0.15) is 84.4 Å². The predicted octanol–water partition coefficient (Wildman–Crippen LogP) is 1.99. The Labute approximate surface area is 167 Å². The Morgan fingerprint density at radius 2 is 1.86 bits per heavy atom. The summed E-state index contributed by atoms with van der Waals surface area (Å²) in [6.45, 7) is 0.201. The lowest BCUT2D eigenvalue weighted by atomic mass is 9.92. The van der Waals surface area contributed by atoms with Gasteiger partial charge in [-0.05, 0) is 44.1 Å². The molecule has 2 aromatic rings. The normalized spacial score (nSPS) is 18.5. The van der Waals surface area contributed by atoms with Gasteiger partial charge in [0.2, 0.25) is 0 Å². The quantitative estimate of drug-likeness (QED) is 0.781. The van der Waals surface area contributed by atoms with Crippen LogP contribution in [0.5, 0.6) is 0 Å². The van der Waals surface area contributed by atoms with Crippen molar-refractivity contribution >= 4 is 19.2 Å². The monoisotopic (exact) mass is 379 g/mol. The number of aromatic nitrogens is 2. The molecule has 1 fully saturated rings. The van der Waals surface area contributed by atoms with E-state index < -0.39 is 6.10 Å². The summed E-state index contributed by atoms with van der Waals surface area (Å²) in [5, 5.41) is 18.1. The fraction of sp³-hybridized carbons (Fsp3) is 0.545. The third-order valence-corrected chi connectivity index (χ3v) is 6.26. The number of aliphatic hydroxyl groups is 1. The molecule has 0 saturated heterocycles. The molecular weight excluding hydrogens is 349 g/mol. The minimum atomic E-state index is -0.708. The number of carbonyl (C=O) groups is 1. The van der Waals surface area contributed by atoms with Crippen molar-refractivity contribution < 1.29 is 9.90 Å². The maximum Gasteiger partial charge on any atom is 0.272 e. The lowest BCUT2D eigenvalue weighted by molar-refractivity contribution is 0.0909. The predicted molar refractivity (Wildman–Crippen MR) is 113 cm³/mol. The second kappa shape index (κ2) is 8.52. The number of nitrogens with zero attached hydrogens (tertiary/aromatic N) is 2. The highest BCUT2D eigenvalue weighted by Gasteiger charge is 2.28. The molecular formula is C22H30BN3O2. The van der Waals surface area contributed by atoms with Crippen LogP contribution in [-0.4, -0.2) is 35.2 Å². The van der Waals surface area contributed by atoms with Crippen LogP contribution in [0.4, 0.5) is 0 Å². The molecule has 28 heavy (non-hydrogen) atoms. The number of rotatable bonds is 5. The molecule has 0 radical (unpaired) electrons. The van der Waals surface area contributed by atoms with Gasteiger partial charge in [-0.1, -0.05) is 49.0 Å². The van der Waals surface area contributed by atoms with Crippen LogP contribution < -0.4 is 10.8 Å². The molecule has 0 bridgehead atoms. The standard InChI is InChI=1S/C22H30BN3O2/c23-16-12-10-15(11-13-16)20(27)14-24-22(28)21-18-8-4-5-9-19(18)26(25-21)17-6-2-1-3-7-17/h10-13,17,20,27H,1-9,14,23H2,(H,24,28). The molecule has 1 saturated carbocycles. The maximum atomic E-state index is 12.9. The molecule has 5 nitrogen and oxygen atoms in total. The van der Waals surface area contributed by atoms with E-state index in [0.717, 1.165) is 35.9 Å². The van der Waals surface area contributed by atoms with Gasteiger partial charge in [0, 0.05) is 17.8 Å². The van der Waals surface area contributed by atoms with Gasteiger partial charge in [0.1, 0.15) is 7.85 Å². The number of nitrogens with one attached hydrogen (secondary N) is 1. The van der Waals surface area contributed by atoms with Crippen LogP contribution >= 0.6 is 0 Å². The van der Waals surface area contributed by atoms with Crippen molar-refractivity contribution in [3.8, 4) is 0 Å². The van der Waals surface area contributed by atoms with Crippen molar-refractivity contribution in [2.24, 2.45) is 0 Å². The number of aliphatic hydroxyl groups excluding tert-OH is 1. The molecule has 2 aliphatic carbocycles. The van der Waals surface area contributed by atoms with Crippen LogP contribution in [-0.2, 0) is 12.8 Å². The number of amides is 1. The van der Waals surface area contributed by atoms with Gasteiger partial charge in [0.05, 0.1) is 12.1 Å². The second-order valence-electron chi connectivity index (χ2n) is 8.35. The molecule has 2 aliphatic rings. The Hall–Kier alpha value is -2.08. The maximum absolute atomic E-state index is 12.9. The molecule has 1 aromatic carbocycles. The molecule has 1 heterocycles. The van der Waals surface area contributed by atoms with Gasteiger partial charge in [-0.25, -0.2) is 0 Å². The first-order valence-corrected chi connectivity index (χ1v) is 10.8. The minimum absolute atomic E-state index is 0.154. The van der Waals surface area contributed by atoms with Crippen LogP contribution in [0.3, 0.4) is 0 Å². The molecule has 2 N–H and O–H groups in total. The summed E-state index contributed by atoms with van der Waals surface area (Å²) >= 11 is 0. The minimum Gasteiger partial charge on any atom is -0.387 e. The Kier molecular flexibility index (Phi) is 5.86. The molecule has 1 unspecified atom stereocenters. The lowest BCUT2D eigenvalue weighted by Crippen LogP contribution is -2.29. The molecule has 0 aliphatic heterocycles. The molecule has 4 rings (SSSR count). The molecule has 1 amide bonds. The highest BCUT2D eigenvalue weighted by Crippen LogP contribution is 2.33. The third kappa shape index (κ3) is 4.02. The fourth-order valence-corrected chi connectivity index (χ4v) is 4.62. The summed E-state index contributed by atoms with van der Waals surface area (Å²) in [5.74, 6) is -0.154. The largest absolute Gasteiger partial charge is 0.387 e. The van der Waals surface area contributed by atoms with Gasteiger partial charge < -0.3 is 10.4 Å². The van der Waals surface area contributed by atoms with Crippen molar-refractivity contribution in [1.29, 1.82) is 0 Å². The number of carbonyl (C=O) groups excluding carboxylic acids is 1. The van der Waals surface area contributed by atoms with E-state index in [0.29, 0.717) is 11.7 Å². The van der Waals surface area contributed by atoms with Crippen molar-refractivity contribution in [2.75, 3.05) is 6.54 Å². The zero-order valence-corrected chi connectivity index (χ0v) is 16.8. The number of fused-ring (bicyclic) bond motifs is 1. The van der Waals surface area contributed by atoms with Crippen molar-refractivity contribution in [3.63, 3.8) is 0 Å². The first kappa shape index (κ1) is 19.3. The Morgan fingerprint density at radius 3 is 2.61 bits per heavy atom. The van der Waals surface area contributed by atoms with Crippen LogP contribution in [0, 0.1) is 0 Å². The summed E-state index contributed by atoms with van der Waals surface area (Å²) < 4.78 is 2.18. The van der Waals surface area contributed by atoms with Crippen molar-refractivity contribution in [2.45, 2.75) is 69.9 Å². The Bertz CT molecular complexity index is 825. The van der Waals surface area contributed by atoms with E-state index >= 15 is 0 Å². The van der Waals surface area contributed by atoms with Gasteiger partial charge in [0.15, 0.2) is 5.69 Å². The Morgan fingerprint density at radius 1 is 1.14 bits per heavy atom. The highest BCUT2D eigenvalue weighted by molar-refractivity contribution is 6.32. The summed E-state index contributed by atoms with van der Waals surface area (Å²) in [6, 6.07) is 8.21. The first-order valence-electron chi connectivity index (χ1n) is 10.8. The highest BCUT2D eigenvalue weighted by atomic mass is 16.3. The van der Waals surface area contributed by atoms with E-state index in [9.17, 15) is 9.90 Å². The SMILES string of the molecule is Bc1ccc(C(O)CNC(=O)c2nn(C3CCCCC3)c3c2CCCC3)cc1. The van der Waals surface area contributed by atoms with Crippen molar-refractivity contribution in [3.05, 3.63) is 46.8 Å². The van der Waals surface area contributed by atoms with E-state index in [1.807, 2.05) is 32.1 Å². The van der Waals surface area contributed by atoms with E-state index in [-0.39, 0.29) is 12.5 Å². The average molecular weight is 379 g/mol. The van der Waals surface area contributed by atoms with Crippen LogP contribution in [0.15, 0.2) is 24.3 Å². The summed E-state index contributed by atoms with van der Waals surface area (Å²) in [4.78, 5) is 12.9. The van der Waals surface area contributed by atoms with E-state index in [2.05, 4.69) is 10.00 Å². The summed E-state index contributed by atoms with van der Waals surface area (Å²) in [5.41, 5.74) is 4.97. The first-order chi connectivity index (χ1) is 13.6. The smallest absolute Gasteiger partial charge is 0.272 e. The second-order valence-corrected chi connectivity index (χ2v) is 8.35. The van der Waals surface area contributed by atoms with Crippen LogP contribution in [0.2, 0.25) is 0 Å². The summed E-state index contributed by atoms with van der Waals surface area (Å²) in [7, 11) is 2.02. The fourth-order valence-electron chi connectivity index (χ4n) is 4.62. The Balaban J connectivity index is 1.49. The van der Waals surface area contributed by atoms with Gasteiger partial charge in [-0.3, -0.25) is 9.48 Å². The average Bonchev–Trinajstić information content (AvgIpc) is 3.13.